The van der Waals surface area contributed by atoms with Crippen LogP contribution in [0.15, 0.2) is 18.2 Å². The number of nitrogens with one attached hydrogen (secondary N) is 1. The quantitative estimate of drug-likeness (QED) is 0.842. The summed E-state index contributed by atoms with van der Waals surface area (Å²) in [6.45, 7) is 3.27. The molecule has 1 aromatic rings. The second-order valence-corrected chi connectivity index (χ2v) is 5.31. The van der Waals surface area contributed by atoms with E-state index in [9.17, 15) is 14.7 Å². The first kappa shape index (κ1) is 17.0. The second-order valence-electron chi connectivity index (χ2n) is 5.31. The monoisotopic (exact) mass is 293 g/mol. The Hall–Kier alpha value is -2.08. The minimum absolute atomic E-state index is 0.102. The van der Waals surface area contributed by atoms with Crippen LogP contribution in [0.5, 0.6) is 0 Å². The smallest absolute Gasteiger partial charge is 0.337 e. The van der Waals surface area contributed by atoms with Crippen molar-refractivity contribution in [3.05, 3.63) is 29.3 Å². The Labute approximate surface area is 125 Å². The normalized spacial score (nSPS) is 10.5. The van der Waals surface area contributed by atoms with Crippen molar-refractivity contribution in [2.45, 2.75) is 13.3 Å². The molecular formula is C15H23N3O3. The van der Waals surface area contributed by atoms with Gasteiger partial charge in [-0.2, -0.15) is 0 Å². The molecular weight excluding hydrogens is 270 g/mol. The van der Waals surface area contributed by atoms with Gasteiger partial charge in [0.05, 0.1) is 11.3 Å². The number of carbonyl (C=O) groups excluding carboxylic acids is 1. The highest BCUT2D eigenvalue weighted by atomic mass is 16.4. The van der Waals surface area contributed by atoms with Gasteiger partial charge in [0.25, 0.3) is 0 Å². The van der Waals surface area contributed by atoms with Crippen LogP contribution in [-0.2, 0) is 0 Å². The van der Waals surface area contributed by atoms with Crippen LogP contribution in [0.2, 0.25) is 0 Å². The molecule has 0 unspecified atom stereocenters. The number of carbonyl (C=O) groups is 2. The number of amides is 2. The summed E-state index contributed by atoms with van der Waals surface area (Å²) in [4.78, 5) is 26.9. The minimum Gasteiger partial charge on any atom is -0.478 e. The van der Waals surface area contributed by atoms with E-state index in [1.54, 1.807) is 31.0 Å². The lowest BCUT2D eigenvalue weighted by molar-refractivity contribution is 0.0698. The average Bonchev–Trinajstić information content (AvgIpc) is 2.40. The topological polar surface area (TPSA) is 72.9 Å². The van der Waals surface area contributed by atoms with E-state index in [2.05, 4.69) is 10.2 Å². The first-order chi connectivity index (χ1) is 9.82. The molecule has 0 radical (unpaired) electrons. The van der Waals surface area contributed by atoms with E-state index in [1.165, 1.54) is 6.07 Å². The Balaban J connectivity index is 2.72. The summed E-state index contributed by atoms with van der Waals surface area (Å²) < 4.78 is 0. The molecule has 1 rings (SSSR count). The Morgan fingerprint density at radius 3 is 2.43 bits per heavy atom. The maximum atomic E-state index is 12.1. The molecule has 0 aliphatic carbocycles. The summed E-state index contributed by atoms with van der Waals surface area (Å²) in [6.07, 6.45) is 0.858. The van der Waals surface area contributed by atoms with Crippen LogP contribution in [-0.4, -0.2) is 61.1 Å². The van der Waals surface area contributed by atoms with Crippen molar-refractivity contribution < 1.29 is 14.7 Å². The van der Waals surface area contributed by atoms with Gasteiger partial charge in [0.15, 0.2) is 0 Å². The van der Waals surface area contributed by atoms with E-state index in [0.29, 0.717) is 12.2 Å². The number of aryl methyl sites for hydroxylation is 1. The molecule has 0 saturated heterocycles. The third-order valence-electron chi connectivity index (χ3n) is 3.18. The largest absolute Gasteiger partial charge is 0.478 e. The maximum absolute atomic E-state index is 12.1. The Bertz CT molecular complexity index is 515. The van der Waals surface area contributed by atoms with Crippen molar-refractivity contribution in [2.24, 2.45) is 0 Å². The number of hydrogen-bond acceptors (Lipinski definition) is 3. The Morgan fingerprint density at radius 1 is 1.19 bits per heavy atom. The number of carboxylic acid groups (broad SMARTS) is 1. The third kappa shape index (κ3) is 5.07. The number of rotatable bonds is 6. The summed E-state index contributed by atoms with van der Waals surface area (Å²) in [6, 6.07) is 4.62. The molecule has 21 heavy (non-hydrogen) atoms. The van der Waals surface area contributed by atoms with Crippen LogP contribution in [0, 0.1) is 6.92 Å². The van der Waals surface area contributed by atoms with Gasteiger partial charge >= 0.3 is 12.0 Å². The molecule has 0 fully saturated rings. The van der Waals surface area contributed by atoms with Gasteiger partial charge in [0, 0.05) is 13.6 Å². The molecule has 1 aromatic carbocycles. The fraction of sp³-hybridized carbons (Fsp3) is 0.467. The highest BCUT2D eigenvalue weighted by Gasteiger charge is 2.16. The molecule has 2 N–H and O–H groups in total. The van der Waals surface area contributed by atoms with Gasteiger partial charge in [-0.15, -0.1) is 0 Å². The number of urea groups is 1. The van der Waals surface area contributed by atoms with Crippen molar-refractivity contribution in [3.63, 3.8) is 0 Å². The first-order valence-electron chi connectivity index (χ1n) is 6.82. The molecule has 0 atom stereocenters. The van der Waals surface area contributed by atoms with Crippen LogP contribution < -0.4 is 5.32 Å². The molecule has 0 saturated carbocycles. The van der Waals surface area contributed by atoms with Crippen molar-refractivity contribution >= 4 is 17.7 Å². The zero-order valence-corrected chi connectivity index (χ0v) is 13.0. The van der Waals surface area contributed by atoms with Gasteiger partial charge in [0.1, 0.15) is 0 Å². The third-order valence-corrected chi connectivity index (χ3v) is 3.18. The zero-order valence-electron chi connectivity index (χ0n) is 13.0. The van der Waals surface area contributed by atoms with E-state index in [1.807, 2.05) is 14.1 Å². The van der Waals surface area contributed by atoms with Crippen LogP contribution in [0.3, 0.4) is 0 Å². The molecule has 0 aliphatic heterocycles. The summed E-state index contributed by atoms with van der Waals surface area (Å²) in [7, 11) is 5.66. The number of carboxylic acids is 1. The standard InChI is InChI=1S/C15H23N3O3/c1-11-7-5-8-12(14(19)20)13(11)16-15(21)18(4)10-6-9-17(2)3/h5,7-8H,6,9-10H2,1-4H3,(H,16,21)(H,19,20). The van der Waals surface area contributed by atoms with Gasteiger partial charge < -0.3 is 20.2 Å². The fourth-order valence-corrected chi connectivity index (χ4v) is 1.94. The van der Waals surface area contributed by atoms with Gasteiger partial charge in [-0.1, -0.05) is 12.1 Å². The second kappa shape index (κ2) is 7.64. The van der Waals surface area contributed by atoms with E-state index in [0.717, 1.165) is 18.5 Å². The molecule has 6 heteroatoms. The van der Waals surface area contributed by atoms with E-state index in [-0.39, 0.29) is 11.6 Å². The predicted octanol–water partition coefficient (Wildman–Crippen LogP) is 2.11. The molecule has 116 valence electrons. The summed E-state index contributed by atoms with van der Waals surface area (Å²) in [5.41, 5.74) is 1.18. The first-order valence-corrected chi connectivity index (χ1v) is 6.82. The summed E-state index contributed by atoms with van der Waals surface area (Å²) in [5.74, 6) is -1.05. The number of aromatic carboxylic acids is 1. The Kier molecular flexibility index (Phi) is 6.17. The van der Waals surface area contributed by atoms with Gasteiger partial charge in [-0.05, 0) is 45.6 Å². The molecule has 2 amide bonds. The van der Waals surface area contributed by atoms with Crippen molar-refractivity contribution in [1.82, 2.24) is 9.80 Å². The van der Waals surface area contributed by atoms with Crippen LogP contribution in [0.25, 0.3) is 0 Å². The molecule has 0 aliphatic rings. The van der Waals surface area contributed by atoms with E-state index < -0.39 is 5.97 Å². The van der Waals surface area contributed by atoms with Crippen molar-refractivity contribution in [1.29, 1.82) is 0 Å². The SMILES string of the molecule is Cc1cccc(C(=O)O)c1NC(=O)N(C)CCCN(C)C. The fourth-order valence-electron chi connectivity index (χ4n) is 1.94. The van der Waals surface area contributed by atoms with Crippen molar-refractivity contribution in [2.75, 3.05) is 39.5 Å². The number of hydrogen-bond donors (Lipinski definition) is 2. The van der Waals surface area contributed by atoms with E-state index in [4.69, 9.17) is 0 Å². The average molecular weight is 293 g/mol. The van der Waals surface area contributed by atoms with Gasteiger partial charge in [-0.25, -0.2) is 9.59 Å². The molecule has 0 spiro atoms. The number of nitrogens with zero attached hydrogens (tertiary/aromatic N) is 2. The van der Waals surface area contributed by atoms with Crippen molar-refractivity contribution in [3.8, 4) is 0 Å². The predicted molar refractivity (Wildman–Crippen MR) is 83.0 cm³/mol. The summed E-state index contributed by atoms with van der Waals surface area (Å²) in [5, 5.41) is 11.9. The van der Waals surface area contributed by atoms with Crippen LogP contribution >= 0.6 is 0 Å². The lowest BCUT2D eigenvalue weighted by Crippen LogP contribution is -2.34. The zero-order chi connectivity index (χ0) is 16.0. The molecule has 6 nitrogen and oxygen atoms in total. The highest BCUT2D eigenvalue weighted by Crippen LogP contribution is 2.20. The molecule has 0 heterocycles. The van der Waals surface area contributed by atoms with Gasteiger partial charge in [-0.3, -0.25) is 0 Å². The Morgan fingerprint density at radius 2 is 1.86 bits per heavy atom. The minimum atomic E-state index is -1.05. The molecule has 0 aromatic heterocycles. The lowest BCUT2D eigenvalue weighted by Gasteiger charge is -2.20. The number of anilines is 1. The lowest BCUT2D eigenvalue weighted by atomic mass is 10.1. The number of para-hydroxylation sites is 1. The number of benzene rings is 1. The maximum Gasteiger partial charge on any atom is 0.337 e. The van der Waals surface area contributed by atoms with E-state index >= 15 is 0 Å². The highest BCUT2D eigenvalue weighted by molar-refractivity contribution is 6.00. The van der Waals surface area contributed by atoms with Crippen LogP contribution in [0.4, 0.5) is 10.5 Å². The summed E-state index contributed by atoms with van der Waals surface area (Å²) >= 11 is 0. The van der Waals surface area contributed by atoms with Gasteiger partial charge in [0.2, 0.25) is 0 Å². The molecule has 0 bridgehead atoms. The van der Waals surface area contributed by atoms with Crippen LogP contribution in [0.1, 0.15) is 22.3 Å².